The van der Waals surface area contributed by atoms with Gasteiger partial charge < -0.3 is 18.9 Å². The molecule has 8 heteroatoms. The first kappa shape index (κ1) is 17.9. The van der Waals surface area contributed by atoms with Crippen LogP contribution in [0.15, 0.2) is 0 Å². The molecule has 0 unspecified atom stereocenters. The third-order valence-electron chi connectivity index (χ3n) is 3.03. The Morgan fingerprint density at radius 1 is 0.591 bits per heavy atom. The van der Waals surface area contributed by atoms with Crippen molar-refractivity contribution < 1.29 is 38.1 Å². The molecule has 22 heavy (non-hydrogen) atoms. The zero-order valence-electron chi connectivity index (χ0n) is 13.0. The smallest absolute Gasteiger partial charge is 0.303 e. The molecule has 1 aliphatic rings. The van der Waals surface area contributed by atoms with E-state index in [-0.39, 0.29) is 0 Å². The van der Waals surface area contributed by atoms with E-state index in [1.807, 2.05) is 0 Å². The molecule has 0 N–H and O–H groups in total. The quantitative estimate of drug-likeness (QED) is 0.545. The van der Waals surface area contributed by atoms with E-state index in [0.717, 1.165) is 0 Å². The summed E-state index contributed by atoms with van der Waals surface area (Å²) in [6.07, 6.45) is -2.96. The van der Waals surface area contributed by atoms with Gasteiger partial charge in [0.2, 0.25) is 0 Å². The average Bonchev–Trinajstić information content (AvgIpc) is 2.34. The van der Waals surface area contributed by atoms with Gasteiger partial charge in [-0.2, -0.15) is 0 Å². The van der Waals surface area contributed by atoms with Gasteiger partial charge in [-0.1, -0.05) is 0 Å². The Morgan fingerprint density at radius 2 is 0.864 bits per heavy atom. The highest BCUT2D eigenvalue weighted by atomic mass is 16.6. The Hall–Kier alpha value is -2.12. The molecule has 1 saturated carbocycles. The van der Waals surface area contributed by atoms with E-state index in [1.54, 1.807) is 0 Å². The van der Waals surface area contributed by atoms with E-state index in [2.05, 4.69) is 0 Å². The monoisotopic (exact) mass is 316 g/mol. The highest BCUT2D eigenvalue weighted by Gasteiger charge is 2.47. The van der Waals surface area contributed by atoms with Crippen molar-refractivity contribution in [3.63, 3.8) is 0 Å². The van der Waals surface area contributed by atoms with Crippen LogP contribution in [-0.4, -0.2) is 48.3 Å². The number of carbonyl (C=O) groups excluding carboxylic acids is 4. The van der Waals surface area contributed by atoms with E-state index in [1.165, 1.54) is 27.7 Å². The van der Waals surface area contributed by atoms with Gasteiger partial charge in [0.25, 0.3) is 0 Å². The fourth-order valence-corrected chi connectivity index (χ4v) is 2.43. The summed E-state index contributed by atoms with van der Waals surface area (Å²) >= 11 is 0. The van der Waals surface area contributed by atoms with Gasteiger partial charge >= 0.3 is 23.9 Å². The van der Waals surface area contributed by atoms with Crippen molar-refractivity contribution in [3.05, 3.63) is 0 Å². The van der Waals surface area contributed by atoms with Crippen LogP contribution in [0.3, 0.4) is 0 Å². The van der Waals surface area contributed by atoms with Crippen LogP contribution in [0.5, 0.6) is 0 Å². The van der Waals surface area contributed by atoms with Crippen molar-refractivity contribution in [1.29, 1.82) is 0 Å². The van der Waals surface area contributed by atoms with Gasteiger partial charge in [-0.3, -0.25) is 19.2 Å². The van der Waals surface area contributed by atoms with Crippen LogP contribution in [0.25, 0.3) is 0 Å². The second kappa shape index (κ2) is 7.77. The summed E-state index contributed by atoms with van der Waals surface area (Å²) in [7, 11) is 0. The fourth-order valence-electron chi connectivity index (χ4n) is 2.43. The summed E-state index contributed by atoms with van der Waals surface area (Å²) in [6.45, 7) is 4.82. The molecule has 1 rings (SSSR count). The maximum absolute atomic E-state index is 11.3. The Balaban J connectivity index is 3.03. The Labute approximate surface area is 128 Å². The highest BCUT2D eigenvalue weighted by molar-refractivity contribution is 5.69. The molecule has 0 radical (unpaired) electrons. The van der Waals surface area contributed by atoms with Gasteiger partial charge in [0.1, 0.15) is 12.2 Å². The van der Waals surface area contributed by atoms with Crippen molar-refractivity contribution in [2.45, 2.75) is 65.0 Å². The SMILES string of the molecule is CC(=O)O[C@H]1[C@H](OC(C)=O)[C@H](OC(C)=O)CC[C@H]1OC(C)=O. The number of rotatable bonds is 4. The molecule has 0 aromatic rings. The van der Waals surface area contributed by atoms with Gasteiger partial charge in [0, 0.05) is 27.7 Å². The van der Waals surface area contributed by atoms with Crippen LogP contribution in [0.2, 0.25) is 0 Å². The first-order chi connectivity index (χ1) is 10.2. The van der Waals surface area contributed by atoms with Crippen LogP contribution in [0.4, 0.5) is 0 Å². The minimum Gasteiger partial charge on any atom is -0.458 e. The van der Waals surface area contributed by atoms with Crippen molar-refractivity contribution in [3.8, 4) is 0 Å². The van der Waals surface area contributed by atoms with Crippen LogP contribution in [-0.2, 0) is 38.1 Å². The number of hydrogen-bond donors (Lipinski definition) is 0. The molecule has 0 bridgehead atoms. The molecule has 0 spiro atoms. The number of esters is 4. The summed E-state index contributed by atoms with van der Waals surface area (Å²) in [5, 5.41) is 0. The van der Waals surface area contributed by atoms with E-state index < -0.39 is 48.3 Å². The van der Waals surface area contributed by atoms with Crippen molar-refractivity contribution in [1.82, 2.24) is 0 Å². The third-order valence-corrected chi connectivity index (χ3v) is 3.03. The van der Waals surface area contributed by atoms with E-state index in [4.69, 9.17) is 18.9 Å². The van der Waals surface area contributed by atoms with Crippen LogP contribution in [0, 0.1) is 0 Å². The topological polar surface area (TPSA) is 105 Å². The minimum absolute atomic E-state index is 0.313. The van der Waals surface area contributed by atoms with Gasteiger partial charge in [0.15, 0.2) is 12.2 Å². The lowest BCUT2D eigenvalue weighted by atomic mass is 9.88. The lowest BCUT2D eigenvalue weighted by Crippen LogP contribution is -2.55. The third kappa shape index (κ3) is 5.34. The molecule has 1 aliphatic carbocycles. The normalized spacial score (nSPS) is 27.5. The standard InChI is InChI=1S/C14H20O8/c1-7(15)19-11-5-6-12(20-8(2)16)14(22-10(4)18)13(11)21-9(3)17/h11-14H,5-6H2,1-4H3/t11-,12-,13-,14-/m1/s1. The average molecular weight is 316 g/mol. The fraction of sp³-hybridized carbons (Fsp3) is 0.714. The molecule has 0 aliphatic heterocycles. The second-order valence-electron chi connectivity index (χ2n) is 5.02. The number of hydrogen-bond acceptors (Lipinski definition) is 8. The van der Waals surface area contributed by atoms with Gasteiger partial charge in [-0.15, -0.1) is 0 Å². The molecule has 0 heterocycles. The molecule has 0 aromatic heterocycles. The van der Waals surface area contributed by atoms with Crippen LogP contribution in [0.1, 0.15) is 40.5 Å². The van der Waals surface area contributed by atoms with Crippen LogP contribution < -0.4 is 0 Å². The predicted octanol–water partition coefficient (Wildman–Crippen LogP) is 0.507. The molecule has 0 saturated heterocycles. The first-order valence-corrected chi connectivity index (χ1v) is 6.89. The number of carbonyl (C=O) groups is 4. The molecule has 0 aromatic carbocycles. The number of ether oxygens (including phenoxy) is 4. The summed E-state index contributed by atoms with van der Waals surface area (Å²) in [5.74, 6) is -2.34. The summed E-state index contributed by atoms with van der Waals surface area (Å²) in [6, 6.07) is 0. The molecule has 4 atom stereocenters. The van der Waals surface area contributed by atoms with E-state index in [9.17, 15) is 19.2 Å². The van der Waals surface area contributed by atoms with Crippen molar-refractivity contribution in [2.75, 3.05) is 0 Å². The summed E-state index contributed by atoms with van der Waals surface area (Å²) in [4.78, 5) is 44.9. The van der Waals surface area contributed by atoms with Crippen molar-refractivity contribution in [2.24, 2.45) is 0 Å². The first-order valence-electron chi connectivity index (χ1n) is 6.89. The Morgan fingerprint density at radius 3 is 1.09 bits per heavy atom. The van der Waals surface area contributed by atoms with Crippen LogP contribution >= 0.6 is 0 Å². The molecule has 124 valence electrons. The maximum Gasteiger partial charge on any atom is 0.303 e. The van der Waals surface area contributed by atoms with E-state index in [0.29, 0.717) is 12.8 Å². The van der Waals surface area contributed by atoms with Gasteiger partial charge in [0.05, 0.1) is 0 Å². The summed E-state index contributed by atoms with van der Waals surface area (Å²) in [5.41, 5.74) is 0. The largest absolute Gasteiger partial charge is 0.458 e. The van der Waals surface area contributed by atoms with Gasteiger partial charge in [-0.05, 0) is 12.8 Å². The zero-order valence-corrected chi connectivity index (χ0v) is 13.0. The second-order valence-corrected chi connectivity index (χ2v) is 5.02. The molecular weight excluding hydrogens is 296 g/mol. The zero-order chi connectivity index (χ0) is 16.9. The minimum atomic E-state index is -1.02. The molecule has 0 amide bonds. The Bertz CT molecular complexity index is 416. The molecule has 1 fully saturated rings. The maximum atomic E-state index is 11.3. The summed E-state index contributed by atoms with van der Waals surface area (Å²) < 4.78 is 20.5. The molecular formula is C14H20O8. The lowest BCUT2D eigenvalue weighted by molar-refractivity contribution is -0.209. The van der Waals surface area contributed by atoms with E-state index >= 15 is 0 Å². The van der Waals surface area contributed by atoms with Crippen molar-refractivity contribution >= 4 is 23.9 Å². The highest BCUT2D eigenvalue weighted by Crippen LogP contribution is 2.29. The predicted molar refractivity (Wildman–Crippen MR) is 71.5 cm³/mol. The lowest BCUT2D eigenvalue weighted by Gasteiger charge is -2.39. The van der Waals surface area contributed by atoms with Gasteiger partial charge in [-0.25, -0.2) is 0 Å². The molecule has 8 nitrogen and oxygen atoms in total. The Kier molecular flexibility index (Phi) is 6.33.